The van der Waals surface area contributed by atoms with Crippen LogP contribution in [0.15, 0.2) is 24.3 Å². The van der Waals surface area contributed by atoms with Crippen LogP contribution >= 0.6 is 11.6 Å². The molecule has 0 radical (unpaired) electrons. The van der Waals surface area contributed by atoms with Crippen LogP contribution in [0.5, 0.6) is 0 Å². The molecule has 18 heavy (non-hydrogen) atoms. The first-order valence-electron chi connectivity index (χ1n) is 6.17. The molecule has 0 fully saturated rings. The van der Waals surface area contributed by atoms with Crippen molar-refractivity contribution in [1.29, 1.82) is 0 Å². The van der Waals surface area contributed by atoms with E-state index in [-0.39, 0.29) is 6.03 Å². The van der Waals surface area contributed by atoms with Crippen molar-refractivity contribution in [3.63, 3.8) is 0 Å². The van der Waals surface area contributed by atoms with Crippen molar-refractivity contribution in [2.45, 2.75) is 33.6 Å². The molecule has 2 amide bonds. The summed E-state index contributed by atoms with van der Waals surface area (Å²) in [6, 6.07) is 6.91. The lowest BCUT2D eigenvalue weighted by Gasteiger charge is -2.17. The number of carbonyl (C=O) groups excluding carboxylic acids is 1. The predicted molar refractivity (Wildman–Crippen MR) is 77.2 cm³/mol. The minimum Gasteiger partial charge on any atom is -0.338 e. The van der Waals surface area contributed by atoms with Gasteiger partial charge in [-0.2, -0.15) is 0 Å². The SMILES string of the molecule is CC(C)(C)CCCNC(=O)Nc1cccc(Cl)c1. The van der Waals surface area contributed by atoms with Crippen LogP contribution in [0.1, 0.15) is 33.6 Å². The van der Waals surface area contributed by atoms with E-state index in [1.54, 1.807) is 24.3 Å². The molecule has 1 rings (SSSR count). The summed E-state index contributed by atoms with van der Waals surface area (Å²) in [6.45, 7) is 7.26. The van der Waals surface area contributed by atoms with E-state index >= 15 is 0 Å². The maximum Gasteiger partial charge on any atom is 0.319 e. The van der Waals surface area contributed by atoms with Crippen LogP contribution in [0.4, 0.5) is 10.5 Å². The number of nitrogens with one attached hydrogen (secondary N) is 2. The fraction of sp³-hybridized carbons (Fsp3) is 0.500. The highest BCUT2D eigenvalue weighted by molar-refractivity contribution is 6.30. The molecule has 0 aromatic heterocycles. The van der Waals surface area contributed by atoms with Crippen molar-refractivity contribution in [1.82, 2.24) is 5.32 Å². The molecule has 1 aromatic carbocycles. The lowest BCUT2D eigenvalue weighted by molar-refractivity contribution is 0.251. The average molecular weight is 269 g/mol. The van der Waals surface area contributed by atoms with Crippen molar-refractivity contribution >= 4 is 23.3 Å². The number of rotatable bonds is 4. The molecule has 0 heterocycles. The number of hydrogen-bond donors (Lipinski definition) is 2. The molecule has 0 spiro atoms. The minimum atomic E-state index is -0.189. The first-order chi connectivity index (χ1) is 8.37. The summed E-state index contributed by atoms with van der Waals surface area (Å²) in [5.41, 5.74) is 1.02. The molecule has 2 N–H and O–H groups in total. The second-order valence-electron chi connectivity index (χ2n) is 5.56. The Morgan fingerprint density at radius 1 is 1.33 bits per heavy atom. The quantitative estimate of drug-likeness (QED) is 0.786. The summed E-state index contributed by atoms with van der Waals surface area (Å²) in [6.07, 6.45) is 2.07. The van der Waals surface area contributed by atoms with E-state index in [1.807, 2.05) is 0 Å². The Balaban J connectivity index is 2.26. The molecule has 0 atom stereocenters. The maximum atomic E-state index is 11.6. The van der Waals surface area contributed by atoms with Crippen molar-refractivity contribution in [2.24, 2.45) is 5.41 Å². The molecule has 4 heteroatoms. The van der Waals surface area contributed by atoms with E-state index in [2.05, 4.69) is 31.4 Å². The third kappa shape index (κ3) is 6.50. The van der Waals surface area contributed by atoms with Crippen molar-refractivity contribution in [2.75, 3.05) is 11.9 Å². The maximum absolute atomic E-state index is 11.6. The zero-order valence-corrected chi connectivity index (χ0v) is 12.0. The highest BCUT2D eigenvalue weighted by Gasteiger charge is 2.09. The zero-order valence-electron chi connectivity index (χ0n) is 11.2. The molecule has 0 saturated heterocycles. The van der Waals surface area contributed by atoms with E-state index in [0.29, 0.717) is 22.7 Å². The third-order valence-corrected chi connectivity index (χ3v) is 2.71. The van der Waals surface area contributed by atoms with Crippen LogP contribution in [0.2, 0.25) is 5.02 Å². The fourth-order valence-electron chi connectivity index (χ4n) is 1.56. The number of halogens is 1. The van der Waals surface area contributed by atoms with Crippen molar-refractivity contribution in [3.8, 4) is 0 Å². The fourth-order valence-corrected chi connectivity index (χ4v) is 1.75. The lowest BCUT2D eigenvalue weighted by Crippen LogP contribution is -2.30. The van der Waals surface area contributed by atoms with Gasteiger partial charge in [0.15, 0.2) is 0 Å². The van der Waals surface area contributed by atoms with Crippen LogP contribution < -0.4 is 10.6 Å². The van der Waals surface area contributed by atoms with Gasteiger partial charge in [0, 0.05) is 17.3 Å². The van der Waals surface area contributed by atoms with E-state index in [0.717, 1.165) is 12.8 Å². The molecule has 0 bridgehead atoms. The molecule has 0 aliphatic rings. The Morgan fingerprint density at radius 2 is 2.06 bits per heavy atom. The van der Waals surface area contributed by atoms with Crippen LogP contribution in [0, 0.1) is 5.41 Å². The molecular weight excluding hydrogens is 248 g/mol. The molecular formula is C14H21ClN2O. The molecule has 0 aliphatic carbocycles. The Kier molecular flexibility index (Phi) is 5.48. The Morgan fingerprint density at radius 3 is 2.67 bits per heavy atom. The van der Waals surface area contributed by atoms with Gasteiger partial charge in [0.05, 0.1) is 0 Å². The average Bonchev–Trinajstić information content (AvgIpc) is 2.23. The highest BCUT2D eigenvalue weighted by Crippen LogP contribution is 2.19. The number of urea groups is 1. The largest absolute Gasteiger partial charge is 0.338 e. The lowest BCUT2D eigenvalue weighted by atomic mass is 9.91. The summed E-state index contributed by atoms with van der Waals surface area (Å²) >= 11 is 5.83. The Labute approximate surface area is 114 Å². The number of amides is 2. The van der Waals surface area contributed by atoms with Crippen LogP contribution in [0.25, 0.3) is 0 Å². The van der Waals surface area contributed by atoms with Gasteiger partial charge >= 0.3 is 6.03 Å². The standard InChI is InChI=1S/C14H21ClN2O/c1-14(2,3)8-5-9-16-13(18)17-12-7-4-6-11(15)10-12/h4,6-7,10H,5,8-9H2,1-3H3,(H2,16,17,18). The van der Waals surface area contributed by atoms with Gasteiger partial charge in [-0.1, -0.05) is 38.4 Å². The number of carbonyl (C=O) groups is 1. The highest BCUT2D eigenvalue weighted by atomic mass is 35.5. The van der Waals surface area contributed by atoms with Crippen molar-refractivity contribution < 1.29 is 4.79 Å². The predicted octanol–water partition coefficient (Wildman–Crippen LogP) is 4.29. The molecule has 1 aromatic rings. The second-order valence-corrected chi connectivity index (χ2v) is 5.99. The van der Waals surface area contributed by atoms with Gasteiger partial charge in [-0.15, -0.1) is 0 Å². The first kappa shape index (κ1) is 14.8. The Hall–Kier alpha value is -1.22. The summed E-state index contributed by atoms with van der Waals surface area (Å²) in [7, 11) is 0. The van der Waals surface area contributed by atoms with Gasteiger partial charge in [-0.05, 0) is 36.5 Å². The molecule has 100 valence electrons. The second kappa shape index (κ2) is 6.64. The van der Waals surface area contributed by atoms with Crippen molar-refractivity contribution in [3.05, 3.63) is 29.3 Å². The monoisotopic (exact) mass is 268 g/mol. The van der Waals surface area contributed by atoms with Gasteiger partial charge in [0.2, 0.25) is 0 Å². The van der Waals surface area contributed by atoms with Gasteiger partial charge in [-0.3, -0.25) is 0 Å². The van der Waals surface area contributed by atoms with Crippen LogP contribution in [0.3, 0.4) is 0 Å². The summed E-state index contributed by atoms with van der Waals surface area (Å²) < 4.78 is 0. The van der Waals surface area contributed by atoms with E-state index in [4.69, 9.17) is 11.6 Å². The smallest absolute Gasteiger partial charge is 0.319 e. The number of anilines is 1. The summed E-state index contributed by atoms with van der Waals surface area (Å²) in [5.74, 6) is 0. The summed E-state index contributed by atoms with van der Waals surface area (Å²) in [5, 5.41) is 6.19. The normalized spacial score (nSPS) is 11.1. The minimum absolute atomic E-state index is 0.189. The number of benzene rings is 1. The first-order valence-corrected chi connectivity index (χ1v) is 6.55. The summed E-state index contributed by atoms with van der Waals surface area (Å²) in [4.78, 5) is 11.6. The third-order valence-electron chi connectivity index (χ3n) is 2.47. The topological polar surface area (TPSA) is 41.1 Å². The number of hydrogen-bond acceptors (Lipinski definition) is 1. The van der Waals surface area contributed by atoms with Gasteiger partial charge < -0.3 is 10.6 Å². The van der Waals surface area contributed by atoms with Crippen LogP contribution in [-0.4, -0.2) is 12.6 Å². The van der Waals surface area contributed by atoms with Gasteiger partial charge in [-0.25, -0.2) is 4.79 Å². The van der Waals surface area contributed by atoms with Gasteiger partial charge in [0.1, 0.15) is 0 Å². The molecule has 0 saturated carbocycles. The Bertz CT molecular complexity index is 399. The van der Waals surface area contributed by atoms with Gasteiger partial charge in [0.25, 0.3) is 0 Å². The van der Waals surface area contributed by atoms with Crippen LogP contribution in [-0.2, 0) is 0 Å². The van der Waals surface area contributed by atoms with E-state index < -0.39 is 0 Å². The zero-order chi connectivity index (χ0) is 13.6. The van der Waals surface area contributed by atoms with E-state index in [9.17, 15) is 4.79 Å². The molecule has 3 nitrogen and oxygen atoms in total. The molecule has 0 unspecified atom stereocenters. The molecule has 0 aliphatic heterocycles. The van der Waals surface area contributed by atoms with E-state index in [1.165, 1.54) is 0 Å².